The summed E-state index contributed by atoms with van der Waals surface area (Å²) in [4.78, 5) is 14.9. The van der Waals surface area contributed by atoms with E-state index in [0.717, 1.165) is 22.6 Å². The SMILES string of the molecule is O=C(/C(CC1CCCCC1)=N/O)c1ccc(Sc2ccccc2)cc1. The van der Waals surface area contributed by atoms with E-state index < -0.39 is 0 Å². The summed E-state index contributed by atoms with van der Waals surface area (Å²) < 4.78 is 0. The number of nitrogens with zero attached hydrogens (tertiary/aromatic N) is 1. The predicted octanol–water partition coefficient (Wildman–Crippen LogP) is 5.82. The summed E-state index contributed by atoms with van der Waals surface area (Å²) >= 11 is 1.66. The first kappa shape index (κ1) is 17.7. The number of hydrogen-bond donors (Lipinski definition) is 1. The van der Waals surface area contributed by atoms with Gasteiger partial charge in [0.2, 0.25) is 5.78 Å². The standard InChI is InChI=1S/C21H23NO2S/c23-21(20(22-24)15-16-7-3-1-4-8-16)17-11-13-19(14-12-17)25-18-9-5-2-6-10-18/h2,5-6,9-14,16,24H,1,3-4,7-8,15H2/b22-20+. The van der Waals surface area contributed by atoms with E-state index in [-0.39, 0.29) is 11.5 Å². The molecule has 25 heavy (non-hydrogen) atoms. The van der Waals surface area contributed by atoms with Crippen LogP contribution in [-0.4, -0.2) is 16.7 Å². The van der Waals surface area contributed by atoms with Gasteiger partial charge in [-0.15, -0.1) is 0 Å². The summed E-state index contributed by atoms with van der Waals surface area (Å²) in [6, 6.07) is 17.7. The molecule has 1 aliphatic rings. The topological polar surface area (TPSA) is 49.7 Å². The Morgan fingerprint density at radius 2 is 1.60 bits per heavy atom. The van der Waals surface area contributed by atoms with Gasteiger partial charge in [0, 0.05) is 15.4 Å². The van der Waals surface area contributed by atoms with Crippen LogP contribution in [0.15, 0.2) is 69.5 Å². The second kappa shape index (κ2) is 8.86. The van der Waals surface area contributed by atoms with Crippen molar-refractivity contribution < 1.29 is 10.0 Å². The highest BCUT2D eigenvalue weighted by Gasteiger charge is 2.21. The van der Waals surface area contributed by atoms with Gasteiger partial charge in [-0.1, -0.05) is 67.2 Å². The Morgan fingerprint density at radius 1 is 0.960 bits per heavy atom. The Labute approximate surface area is 153 Å². The minimum Gasteiger partial charge on any atom is -0.411 e. The first-order chi connectivity index (χ1) is 12.3. The minimum absolute atomic E-state index is 0.163. The van der Waals surface area contributed by atoms with Crippen molar-refractivity contribution in [1.82, 2.24) is 0 Å². The number of rotatable bonds is 6. The third-order valence-corrected chi connectivity index (χ3v) is 5.70. The first-order valence-electron chi connectivity index (χ1n) is 8.85. The average Bonchev–Trinajstić information content (AvgIpc) is 2.68. The zero-order chi connectivity index (χ0) is 17.5. The van der Waals surface area contributed by atoms with E-state index in [9.17, 15) is 10.0 Å². The van der Waals surface area contributed by atoms with Gasteiger partial charge in [-0.2, -0.15) is 0 Å². The summed E-state index contributed by atoms with van der Waals surface area (Å²) in [7, 11) is 0. The molecule has 2 aromatic carbocycles. The fourth-order valence-electron chi connectivity index (χ4n) is 3.31. The number of oxime groups is 1. The van der Waals surface area contributed by atoms with Crippen molar-refractivity contribution in [2.24, 2.45) is 11.1 Å². The van der Waals surface area contributed by atoms with Gasteiger partial charge in [-0.05, 0) is 48.7 Å². The highest BCUT2D eigenvalue weighted by atomic mass is 32.2. The molecule has 130 valence electrons. The molecule has 2 aromatic rings. The monoisotopic (exact) mass is 353 g/mol. The van der Waals surface area contributed by atoms with E-state index in [4.69, 9.17) is 0 Å². The van der Waals surface area contributed by atoms with Crippen molar-refractivity contribution in [3.8, 4) is 0 Å². The second-order valence-electron chi connectivity index (χ2n) is 6.52. The summed E-state index contributed by atoms with van der Waals surface area (Å²) in [5.41, 5.74) is 0.872. The van der Waals surface area contributed by atoms with Gasteiger partial charge in [0.15, 0.2) is 0 Å². The van der Waals surface area contributed by atoms with Crippen LogP contribution < -0.4 is 0 Å². The third kappa shape index (κ3) is 4.95. The highest BCUT2D eigenvalue weighted by Crippen LogP contribution is 2.29. The van der Waals surface area contributed by atoms with Gasteiger partial charge >= 0.3 is 0 Å². The van der Waals surface area contributed by atoms with E-state index in [1.807, 2.05) is 42.5 Å². The van der Waals surface area contributed by atoms with E-state index in [2.05, 4.69) is 17.3 Å². The number of Topliss-reactive ketones (excluding diaryl/α,β-unsaturated/α-hetero) is 1. The van der Waals surface area contributed by atoms with Crippen LogP contribution in [0.5, 0.6) is 0 Å². The van der Waals surface area contributed by atoms with E-state index >= 15 is 0 Å². The zero-order valence-electron chi connectivity index (χ0n) is 14.2. The van der Waals surface area contributed by atoms with Crippen LogP contribution >= 0.6 is 11.8 Å². The first-order valence-corrected chi connectivity index (χ1v) is 9.66. The summed E-state index contributed by atoms with van der Waals surface area (Å²) in [5, 5.41) is 12.6. The van der Waals surface area contributed by atoms with Crippen LogP contribution in [0.25, 0.3) is 0 Å². The molecule has 0 heterocycles. The fourth-order valence-corrected chi connectivity index (χ4v) is 4.15. The normalized spacial score (nSPS) is 15.9. The number of ketones is 1. The van der Waals surface area contributed by atoms with Crippen molar-refractivity contribution >= 4 is 23.3 Å². The van der Waals surface area contributed by atoms with Gasteiger partial charge in [-0.25, -0.2) is 0 Å². The lowest BCUT2D eigenvalue weighted by atomic mass is 9.84. The molecule has 1 saturated carbocycles. The molecule has 0 radical (unpaired) electrons. The zero-order valence-corrected chi connectivity index (χ0v) is 15.0. The van der Waals surface area contributed by atoms with E-state index in [1.165, 1.54) is 19.3 Å². The molecule has 0 amide bonds. The molecule has 0 aliphatic heterocycles. The largest absolute Gasteiger partial charge is 0.411 e. The molecule has 0 bridgehead atoms. The van der Waals surface area contributed by atoms with Gasteiger partial charge in [0.25, 0.3) is 0 Å². The van der Waals surface area contributed by atoms with E-state index in [0.29, 0.717) is 17.9 Å². The lowest BCUT2D eigenvalue weighted by molar-refractivity contribution is 0.105. The smallest absolute Gasteiger partial charge is 0.210 e. The van der Waals surface area contributed by atoms with Crippen LogP contribution in [0.4, 0.5) is 0 Å². The molecule has 1 fully saturated rings. The van der Waals surface area contributed by atoms with Gasteiger partial charge in [-0.3, -0.25) is 4.79 Å². The Kier molecular flexibility index (Phi) is 6.29. The van der Waals surface area contributed by atoms with Gasteiger partial charge < -0.3 is 5.21 Å². The molecule has 4 heteroatoms. The number of benzene rings is 2. The lowest BCUT2D eigenvalue weighted by Crippen LogP contribution is -2.20. The van der Waals surface area contributed by atoms with Crippen LogP contribution in [0.1, 0.15) is 48.9 Å². The van der Waals surface area contributed by atoms with Gasteiger partial charge in [0.05, 0.1) is 0 Å². The van der Waals surface area contributed by atoms with Crippen molar-refractivity contribution in [3.63, 3.8) is 0 Å². The fraction of sp³-hybridized carbons (Fsp3) is 0.333. The third-order valence-electron chi connectivity index (χ3n) is 4.68. The quantitative estimate of drug-likeness (QED) is 0.308. The van der Waals surface area contributed by atoms with Gasteiger partial charge in [0.1, 0.15) is 5.71 Å². The number of carbonyl (C=O) groups excluding carboxylic acids is 1. The second-order valence-corrected chi connectivity index (χ2v) is 7.67. The average molecular weight is 353 g/mol. The molecule has 3 rings (SSSR count). The molecule has 1 N–H and O–H groups in total. The van der Waals surface area contributed by atoms with Crippen molar-refractivity contribution in [3.05, 3.63) is 60.2 Å². The Bertz CT molecular complexity index is 719. The number of carbonyl (C=O) groups is 1. The molecule has 0 atom stereocenters. The number of hydrogen-bond acceptors (Lipinski definition) is 4. The summed E-state index contributed by atoms with van der Waals surface area (Å²) in [5.74, 6) is 0.306. The Hall–Kier alpha value is -2.07. The maximum atomic E-state index is 12.6. The van der Waals surface area contributed by atoms with Crippen LogP contribution in [0, 0.1) is 5.92 Å². The van der Waals surface area contributed by atoms with Crippen LogP contribution in [0.2, 0.25) is 0 Å². The molecule has 1 aliphatic carbocycles. The molecule has 0 spiro atoms. The minimum atomic E-state index is -0.163. The molecular weight excluding hydrogens is 330 g/mol. The molecule has 0 unspecified atom stereocenters. The lowest BCUT2D eigenvalue weighted by Gasteiger charge is -2.21. The highest BCUT2D eigenvalue weighted by molar-refractivity contribution is 7.99. The predicted molar refractivity (Wildman–Crippen MR) is 102 cm³/mol. The molecule has 0 saturated heterocycles. The summed E-state index contributed by atoms with van der Waals surface area (Å²) in [6.07, 6.45) is 6.52. The van der Waals surface area contributed by atoms with Crippen LogP contribution in [0.3, 0.4) is 0 Å². The molecular formula is C21H23NO2S. The maximum Gasteiger partial charge on any atom is 0.210 e. The summed E-state index contributed by atoms with van der Waals surface area (Å²) in [6.45, 7) is 0. The van der Waals surface area contributed by atoms with E-state index in [1.54, 1.807) is 11.8 Å². The van der Waals surface area contributed by atoms with Crippen molar-refractivity contribution in [1.29, 1.82) is 0 Å². The Balaban J connectivity index is 1.64. The maximum absolute atomic E-state index is 12.6. The Morgan fingerprint density at radius 3 is 2.24 bits per heavy atom. The molecule has 0 aromatic heterocycles. The van der Waals surface area contributed by atoms with Crippen molar-refractivity contribution in [2.75, 3.05) is 0 Å². The van der Waals surface area contributed by atoms with Crippen LogP contribution in [-0.2, 0) is 0 Å². The molecule has 3 nitrogen and oxygen atoms in total. The van der Waals surface area contributed by atoms with Crippen molar-refractivity contribution in [2.45, 2.75) is 48.3 Å².